The molecular weight excluding hydrogens is 497 g/mol. The van der Waals surface area contributed by atoms with Gasteiger partial charge < -0.3 is 11.5 Å². The van der Waals surface area contributed by atoms with Crippen molar-refractivity contribution in [3.8, 4) is 22.6 Å². The third kappa shape index (κ3) is 3.81. The number of benzene rings is 1. The van der Waals surface area contributed by atoms with E-state index in [9.17, 15) is 18.0 Å². The molecule has 4 heterocycles. The van der Waals surface area contributed by atoms with Crippen LogP contribution in [0.3, 0.4) is 0 Å². The minimum absolute atomic E-state index is 0.140. The van der Waals surface area contributed by atoms with Gasteiger partial charge in [-0.1, -0.05) is 35.9 Å². The summed E-state index contributed by atoms with van der Waals surface area (Å²) in [4.78, 5) is 20.5. The number of carbonyl (C=O) groups is 1. The normalized spacial score (nSPS) is 11.8. The molecule has 9 nitrogen and oxygen atoms in total. The van der Waals surface area contributed by atoms with Gasteiger partial charge in [0.25, 0.3) is 5.91 Å². The van der Waals surface area contributed by atoms with Gasteiger partial charge in [-0.3, -0.25) is 4.79 Å². The minimum atomic E-state index is -5.03. The van der Waals surface area contributed by atoms with E-state index in [1.165, 1.54) is 23.1 Å². The summed E-state index contributed by atoms with van der Waals surface area (Å²) in [5, 5.41) is 9.06. The van der Waals surface area contributed by atoms with Crippen molar-refractivity contribution in [3.05, 3.63) is 77.1 Å². The van der Waals surface area contributed by atoms with Crippen molar-refractivity contribution in [2.24, 2.45) is 5.73 Å². The maximum atomic E-state index is 14.4. The molecule has 0 saturated heterocycles. The Balaban J connectivity index is 1.85. The lowest BCUT2D eigenvalue weighted by Gasteiger charge is -2.13. The number of anilines is 1. The standard InChI is InChI=1S/C23H16ClF3N8O/c1-11-6-7-34(32-11)12-8-16(20(24)30-9-12)35-19(23(25,26)27)17(22(29)36)18(33-35)15-10-31-21(28)14-5-3-2-4-13(14)15/h2-10H,1H3,(H2,28,31)(H2,29,36). The Labute approximate surface area is 206 Å². The lowest BCUT2D eigenvalue weighted by atomic mass is 10.0. The van der Waals surface area contributed by atoms with Crippen molar-refractivity contribution < 1.29 is 18.0 Å². The molecule has 0 spiro atoms. The van der Waals surface area contributed by atoms with Gasteiger partial charge in [0, 0.05) is 23.3 Å². The maximum Gasteiger partial charge on any atom is 0.434 e. The fourth-order valence-electron chi connectivity index (χ4n) is 3.94. The number of fused-ring (bicyclic) bond motifs is 1. The lowest BCUT2D eigenvalue weighted by molar-refractivity contribution is -0.143. The highest BCUT2D eigenvalue weighted by Crippen LogP contribution is 2.41. The van der Waals surface area contributed by atoms with Gasteiger partial charge in [0.05, 0.1) is 23.1 Å². The van der Waals surface area contributed by atoms with Gasteiger partial charge >= 0.3 is 6.18 Å². The predicted molar refractivity (Wildman–Crippen MR) is 127 cm³/mol. The zero-order chi connectivity index (χ0) is 25.8. The largest absolute Gasteiger partial charge is 0.434 e. The summed E-state index contributed by atoms with van der Waals surface area (Å²) in [6.45, 7) is 1.76. The first-order chi connectivity index (χ1) is 17.1. The summed E-state index contributed by atoms with van der Waals surface area (Å²) in [5.74, 6) is -1.16. The van der Waals surface area contributed by atoms with Crippen LogP contribution >= 0.6 is 11.6 Å². The second-order valence-corrected chi connectivity index (χ2v) is 8.21. The average Bonchev–Trinajstić information content (AvgIpc) is 3.44. The molecule has 0 aliphatic rings. The van der Waals surface area contributed by atoms with Crippen molar-refractivity contribution in [2.75, 3.05) is 5.73 Å². The zero-order valence-corrected chi connectivity index (χ0v) is 19.2. The van der Waals surface area contributed by atoms with E-state index >= 15 is 0 Å². The fourth-order valence-corrected chi connectivity index (χ4v) is 4.12. The second-order valence-electron chi connectivity index (χ2n) is 7.85. The number of amides is 1. The molecule has 182 valence electrons. The van der Waals surface area contributed by atoms with E-state index in [2.05, 4.69) is 20.2 Å². The molecule has 0 unspecified atom stereocenters. The number of aromatic nitrogens is 6. The Morgan fingerprint density at radius 3 is 2.42 bits per heavy atom. The quantitative estimate of drug-likeness (QED) is 0.345. The number of primary amides is 1. The molecular formula is C23H16ClF3N8O. The van der Waals surface area contributed by atoms with Gasteiger partial charge in [-0.2, -0.15) is 23.4 Å². The number of rotatable bonds is 4. The van der Waals surface area contributed by atoms with Crippen molar-refractivity contribution in [2.45, 2.75) is 13.1 Å². The van der Waals surface area contributed by atoms with Gasteiger partial charge in [-0.25, -0.2) is 19.3 Å². The monoisotopic (exact) mass is 512 g/mol. The van der Waals surface area contributed by atoms with Crippen LogP contribution in [-0.2, 0) is 6.18 Å². The molecule has 0 aliphatic carbocycles. The molecule has 1 amide bonds. The molecule has 0 aliphatic heterocycles. The number of alkyl halides is 3. The van der Waals surface area contributed by atoms with Crippen LogP contribution in [0.15, 0.2) is 55.0 Å². The van der Waals surface area contributed by atoms with E-state index in [1.807, 2.05) is 0 Å². The first-order valence-corrected chi connectivity index (χ1v) is 10.8. The first kappa shape index (κ1) is 23.3. The molecule has 13 heteroatoms. The van der Waals surface area contributed by atoms with E-state index in [0.717, 1.165) is 0 Å². The molecule has 0 radical (unpaired) electrons. The van der Waals surface area contributed by atoms with Crippen LogP contribution in [0, 0.1) is 6.92 Å². The van der Waals surface area contributed by atoms with Gasteiger partial charge in [0.2, 0.25) is 0 Å². The number of nitrogen functional groups attached to an aromatic ring is 1. The molecule has 5 aromatic rings. The highest BCUT2D eigenvalue weighted by Gasteiger charge is 2.43. The minimum Gasteiger partial charge on any atom is -0.383 e. The molecule has 0 bridgehead atoms. The number of aryl methyl sites for hydroxylation is 1. The lowest BCUT2D eigenvalue weighted by Crippen LogP contribution is -2.21. The Morgan fingerprint density at radius 2 is 1.78 bits per heavy atom. The fraction of sp³-hybridized carbons (Fsp3) is 0.0870. The zero-order valence-electron chi connectivity index (χ0n) is 18.5. The Hall–Kier alpha value is -4.45. The summed E-state index contributed by atoms with van der Waals surface area (Å²) < 4.78 is 45.3. The summed E-state index contributed by atoms with van der Waals surface area (Å²) >= 11 is 6.23. The number of nitrogens with two attached hydrogens (primary N) is 2. The smallest absolute Gasteiger partial charge is 0.383 e. The van der Waals surface area contributed by atoms with Gasteiger partial charge in [-0.15, -0.1) is 0 Å². The van der Waals surface area contributed by atoms with Crippen LogP contribution in [0.1, 0.15) is 21.7 Å². The molecule has 4 aromatic heterocycles. The van der Waals surface area contributed by atoms with Crippen LogP contribution in [0.4, 0.5) is 19.0 Å². The van der Waals surface area contributed by atoms with E-state index in [1.54, 1.807) is 43.5 Å². The Bertz CT molecular complexity index is 1660. The Kier molecular flexibility index (Phi) is 5.40. The topological polar surface area (TPSA) is 131 Å². The number of carbonyl (C=O) groups excluding carboxylic acids is 1. The van der Waals surface area contributed by atoms with Crippen molar-refractivity contribution >= 4 is 34.1 Å². The molecule has 1 aromatic carbocycles. The summed E-state index contributed by atoms with van der Waals surface area (Å²) in [5.41, 5.74) is 9.79. The van der Waals surface area contributed by atoms with Crippen molar-refractivity contribution in [1.82, 2.24) is 29.5 Å². The molecule has 0 fully saturated rings. The number of halogens is 4. The number of hydrogen-bond acceptors (Lipinski definition) is 6. The number of pyridine rings is 2. The molecule has 36 heavy (non-hydrogen) atoms. The van der Waals surface area contributed by atoms with Gasteiger partial charge in [0.15, 0.2) is 10.8 Å². The summed E-state index contributed by atoms with van der Waals surface area (Å²) in [6.07, 6.45) is -0.819. The Morgan fingerprint density at radius 1 is 1.06 bits per heavy atom. The average molecular weight is 513 g/mol. The third-order valence-corrected chi connectivity index (χ3v) is 5.79. The maximum absolute atomic E-state index is 14.4. The molecule has 5 rings (SSSR count). The van der Waals surface area contributed by atoms with Crippen LogP contribution in [0.2, 0.25) is 5.15 Å². The van der Waals surface area contributed by atoms with E-state index < -0.39 is 23.3 Å². The summed E-state index contributed by atoms with van der Waals surface area (Å²) in [7, 11) is 0. The highest BCUT2D eigenvalue weighted by molar-refractivity contribution is 6.31. The van der Waals surface area contributed by atoms with Gasteiger partial charge in [0.1, 0.15) is 17.2 Å². The van der Waals surface area contributed by atoms with Crippen molar-refractivity contribution in [1.29, 1.82) is 0 Å². The number of nitrogens with zero attached hydrogens (tertiary/aromatic N) is 6. The van der Waals surface area contributed by atoms with E-state index in [4.69, 9.17) is 23.1 Å². The van der Waals surface area contributed by atoms with E-state index in [-0.39, 0.29) is 27.9 Å². The van der Waals surface area contributed by atoms with Crippen LogP contribution in [-0.4, -0.2) is 35.4 Å². The predicted octanol–water partition coefficient (Wildman–Crippen LogP) is 4.33. The third-order valence-electron chi connectivity index (χ3n) is 5.50. The van der Waals surface area contributed by atoms with E-state index in [0.29, 0.717) is 26.8 Å². The van der Waals surface area contributed by atoms with Crippen LogP contribution in [0.25, 0.3) is 33.4 Å². The van der Waals surface area contributed by atoms with Crippen molar-refractivity contribution in [3.63, 3.8) is 0 Å². The van der Waals surface area contributed by atoms with Crippen LogP contribution < -0.4 is 11.5 Å². The molecule has 0 atom stereocenters. The molecule has 0 saturated carbocycles. The highest BCUT2D eigenvalue weighted by atomic mass is 35.5. The second kappa shape index (κ2) is 8.34. The van der Waals surface area contributed by atoms with Crippen LogP contribution in [0.5, 0.6) is 0 Å². The first-order valence-electron chi connectivity index (χ1n) is 10.4. The SMILES string of the molecule is Cc1ccn(-c2cnc(Cl)c(-n3nc(-c4cnc(N)c5ccccc45)c(C(N)=O)c3C(F)(F)F)c2)n1. The molecule has 4 N–H and O–H groups in total. The van der Waals surface area contributed by atoms with Gasteiger partial charge in [-0.05, 0) is 24.4 Å². The summed E-state index contributed by atoms with van der Waals surface area (Å²) in [6, 6.07) is 9.71. The number of hydrogen-bond donors (Lipinski definition) is 2.